The van der Waals surface area contributed by atoms with Crippen LogP contribution in [0.2, 0.25) is 0 Å². The van der Waals surface area contributed by atoms with Crippen LogP contribution in [0.4, 0.5) is 0 Å². The summed E-state index contributed by atoms with van der Waals surface area (Å²) in [4.78, 5) is 34.8. The van der Waals surface area contributed by atoms with E-state index in [1.807, 2.05) is 6.08 Å². The molecule has 0 saturated carbocycles. The molecule has 5 N–H and O–H groups in total. The molecule has 0 aliphatic heterocycles. The maximum absolute atomic E-state index is 12.6. The van der Waals surface area contributed by atoms with Crippen LogP contribution in [0.5, 0.6) is 0 Å². The molecule has 0 saturated heterocycles. The van der Waals surface area contributed by atoms with Crippen molar-refractivity contribution in [2.24, 2.45) is 5.73 Å². The molecule has 0 heterocycles. The van der Waals surface area contributed by atoms with E-state index in [0.717, 1.165) is 70.6 Å². The number of unbranched alkanes of at least 4 members (excludes halogenated alkanes) is 18. The molecule has 53 heavy (non-hydrogen) atoms. The third-order valence-electron chi connectivity index (χ3n) is 9.01. The second-order valence-corrected chi connectivity index (χ2v) is 15.6. The first-order valence-corrected chi connectivity index (χ1v) is 22.5. The molecule has 0 aromatic carbocycles. The summed E-state index contributed by atoms with van der Waals surface area (Å²) >= 11 is 0. The van der Waals surface area contributed by atoms with Crippen molar-refractivity contribution in [1.29, 1.82) is 0 Å². The third-order valence-corrected chi connectivity index (χ3v) is 9.99. The molecule has 0 amide bonds. The average molecular weight is 776 g/mol. The van der Waals surface area contributed by atoms with Gasteiger partial charge in [-0.3, -0.25) is 18.6 Å². The first-order chi connectivity index (χ1) is 25.6. The summed E-state index contributed by atoms with van der Waals surface area (Å²) in [6.07, 6.45) is 30.8. The van der Waals surface area contributed by atoms with E-state index in [1.54, 1.807) is 0 Å². The van der Waals surface area contributed by atoms with Crippen LogP contribution in [-0.4, -0.2) is 71.7 Å². The van der Waals surface area contributed by atoms with Gasteiger partial charge in [0.25, 0.3) is 0 Å². The number of carbonyl (C=O) groups excluding carboxylic acids is 2. The highest BCUT2D eigenvalue weighted by atomic mass is 31.2. The quantitative estimate of drug-likeness (QED) is 0.0203. The number of esters is 2. The van der Waals surface area contributed by atoms with Gasteiger partial charge in [0.1, 0.15) is 6.61 Å². The lowest BCUT2D eigenvalue weighted by Gasteiger charge is -2.20. The molecule has 0 bridgehead atoms. The lowest BCUT2D eigenvalue weighted by atomic mass is 10.0. The number of aliphatic hydroxyl groups excluding tert-OH is 2. The van der Waals surface area contributed by atoms with Gasteiger partial charge in [-0.25, -0.2) is 4.57 Å². The van der Waals surface area contributed by atoms with Gasteiger partial charge in [0, 0.05) is 19.4 Å². The van der Waals surface area contributed by atoms with Crippen LogP contribution < -0.4 is 5.73 Å². The normalized spacial score (nSPS) is 14.8. The van der Waals surface area contributed by atoms with E-state index in [1.165, 1.54) is 57.8 Å². The highest BCUT2D eigenvalue weighted by Gasteiger charge is 2.26. The predicted octanol–water partition coefficient (Wildman–Crippen LogP) is 9.55. The predicted molar refractivity (Wildman–Crippen MR) is 213 cm³/mol. The monoisotopic (exact) mass is 776 g/mol. The fourth-order valence-electron chi connectivity index (χ4n) is 5.71. The van der Waals surface area contributed by atoms with E-state index >= 15 is 0 Å². The highest BCUT2D eigenvalue weighted by Crippen LogP contribution is 2.43. The Morgan fingerprint density at radius 2 is 1.11 bits per heavy atom. The molecule has 4 atom stereocenters. The molecule has 0 aliphatic carbocycles. The van der Waals surface area contributed by atoms with Crippen molar-refractivity contribution < 1.29 is 47.8 Å². The number of carbonyl (C=O) groups is 2. The Labute approximate surface area is 322 Å². The van der Waals surface area contributed by atoms with Gasteiger partial charge in [-0.15, -0.1) is 0 Å². The molecule has 0 aromatic rings. The summed E-state index contributed by atoms with van der Waals surface area (Å²) in [5.41, 5.74) is 5.33. The first-order valence-electron chi connectivity index (χ1n) is 21.0. The number of hydrogen-bond donors (Lipinski definition) is 4. The number of nitrogens with two attached hydrogens (primary N) is 1. The zero-order valence-corrected chi connectivity index (χ0v) is 34.4. The van der Waals surface area contributed by atoms with Gasteiger partial charge in [-0.05, 0) is 64.2 Å². The van der Waals surface area contributed by atoms with E-state index < -0.39 is 44.7 Å². The third kappa shape index (κ3) is 35.8. The van der Waals surface area contributed by atoms with Crippen molar-refractivity contribution in [2.75, 3.05) is 26.4 Å². The van der Waals surface area contributed by atoms with Crippen molar-refractivity contribution in [1.82, 2.24) is 0 Å². The lowest BCUT2D eigenvalue weighted by Crippen LogP contribution is -2.29. The van der Waals surface area contributed by atoms with Crippen LogP contribution in [0.25, 0.3) is 0 Å². The second-order valence-electron chi connectivity index (χ2n) is 14.2. The maximum atomic E-state index is 12.6. The number of aliphatic hydroxyl groups is 2. The first kappa shape index (κ1) is 51.4. The Morgan fingerprint density at radius 3 is 1.72 bits per heavy atom. The van der Waals surface area contributed by atoms with E-state index in [4.69, 9.17) is 24.3 Å². The standard InChI is InChI=1S/C41H78NO10P/c1-3-5-7-9-11-12-13-14-15-16-17-18-19-23-27-31-40(45)49-35-37(36-51-53(47,48)50-34-33-42)52-41(46)32-28-24-20-22-26-30-39(44)38(43)29-25-21-10-8-6-4-2/h14-15,21,25,37-39,43-44H,3-13,16-20,22-24,26-36,42H2,1-2H3,(H,47,48)/b15-14-,25-21-/t37-,38+,39+/m1/s1. The molecular formula is C41H78NO10P. The SMILES string of the molecule is CCCCC/C=C\C[C@H](O)[C@@H](O)CCCCCCCC(=O)O[C@H](COC(=O)CCCCCCC/C=C\CCCCCCCC)COP(=O)(O)OCCN. The smallest absolute Gasteiger partial charge is 0.462 e. The Balaban J connectivity index is 4.31. The summed E-state index contributed by atoms with van der Waals surface area (Å²) in [5, 5.41) is 20.4. The van der Waals surface area contributed by atoms with Gasteiger partial charge in [0.15, 0.2) is 6.10 Å². The van der Waals surface area contributed by atoms with E-state index in [-0.39, 0.29) is 32.6 Å². The fraction of sp³-hybridized carbons (Fsp3) is 0.854. The van der Waals surface area contributed by atoms with Gasteiger partial charge in [0.05, 0.1) is 25.4 Å². The average Bonchev–Trinajstić information content (AvgIpc) is 3.14. The number of hydrogen-bond acceptors (Lipinski definition) is 10. The van der Waals surface area contributed by atoms with Crippen molar-refractivity contribution in [3.8, 4) is 0 Å². The van der Waals surface area contributed by atoms with Crippen LogP contribution >= 0.6 is 7.82 Å². The number of phosphoric acid groups is 1. The summed E-state index contributed by atoms with van der Waals surface area (Å²) in [5.74, 6) is -0.949. The minimum absolute atomic E-state index is 0.0275. The van der Waals surface area contributed by atoms with Crippen LogP contribution in [-0.2, 0) is 32.7 Å². The second kappa shape index (κ2) is 37.3. The van der Waals surface area contributed by atoms with Gasteiger partial charge >= 0.3 is 19.8 Å². The van der Waals surface area contributed by atoms with Gasteiger partial charge in [0.2, 0.25) is 0 Å². The summed E-state index contributed by atoms with van der Waals surface area (Å²) in [7, 11) is -4.41. The van der Waals surface area contributed by atoms with Crippen molar-refractivity contribution >= 4 is 19.8 Å². The zero-order valence-electron chi connectivity index (χ0n) is 33.5. The largest absolute Gasteiger partial charge is 0.472 e. The Morgan fingerprint density at radius 1 is 0.623 bits per heavy atom. The summed E-state index contributed by atoms with van der Waals surface area (Å²) in [6.45, 7) is 3.48. The number of phosphoric ester groups is 1. The minimum Gasteiger partial charge on any atom is -0.462 e. The van der Waals surface area contributed by atoms with Gasteiger partial charge in [-0.2, -0.15) is 0 Å². The van der Waals surface area contributed by atoms with Crippen LogP contribution in [0.3, 0.4) is 0 Å². The fourth-order valence-corrected chi connectivity index (χ4v) is 6.48. The molecule has 1 unspecified atom stereocenters. The summed E-state index contributed by atoms with van der Waals surface area (Å²) < 4.78 is 32.6. The molecule has 0 fully saturated rings. The molecule has 0 spiro atoms. The maximum Gasteiger partial charge on any atom is 0.472 e. The molecule has 11 nitrogen and oxygen atoms in total. The van der Waals surface area contributed by atoms with E-state index in [9.17, 15) is 29.3 Å². The molecule has 12 heteroatoms. The Hall–Kier alpha value is -1.59. The highest BCUT2D eigenvalue weighted by molar-refractivity contribution is 7.47. The number of rotatable bonds is 39. The molecule has 0 aliphatic rings. The van der Waals surface area contributed by atoms with Gasteiger partial charge < -0.3 is 30.3 Å². The van der Waals surface area contributed by atoms with Crippen molar-refractivity contribution in [3.05, 3.63) is 24.3 Å². The van der Waals surface area contributed by atoms with Gasteiger partial charge in [-0.1, -0.05) is 128 Å². The van der Waals surface area contributed by atoms with Crippen molar-refractivity contribution in [3.63, 3.8) is 0 Å². The van der Waals surface area contributed by atoms with Crippen LogP contribution in [0.1, 0.15) is 181 Å². The zero-order chi connectivity index (χ0) is 39.3. The summed E-state index contributed by atoms with van der Waals surface area (Å²) in [6, 6.07) is 0. The number of ether oxygens (including phenoxy) is 2. The molecule has 0 rings (SSSR count). The topological polar surface area (TPSA) is 175 Å². The molecule has 0 aromatic heterocycles. The molecular weight excluding hydrogens is 697 g/mol. The van der Waals surface area contributed by atoms with Crippen molar-refractivity contribution in [2.45, 2.75) is 199 Å². The van der Waals surface area contributed by atoms with E-state index in [2.05, 4.69) is 32.1 Å². The van der Waals surface area contributed by atoms with Crippen LogP contribution in [0.15, 0.2) is 24.3 Å². The number of allylic oxidation sites excluding steroid dienone is 3. The molecule has 0 radical (unpaired) electrons. The lowest BCUT2D eigenvalue weighted by molar-refractivity contribution is -0.161. The van der Waals surface area contributed by atoms with Crippen LogP contribution in [0, 0.1) is 0 Å². The van der Waals surface area contributed by atoms with E-state index in [0.29, 0.717) is 25.7 Å². The minimum atomic E-state index is -4.41. The molecule has 312 valence electrons. The Bertz CT molecular complexity index is 963. The Kier molecular flexibility index (Phi) is 36.2.